The molecule has 0 aliphatic heterocycles. The number of carbonyl (C=O) groups excluding carboxylic acids is 3. The molecule has 0 aromatic rings. The van der Waals surface area contributed by atoms with E-state index in [1.807, 2.05) is 0 Å². The number of carbonyl (C=O) groups is 3. The summed E-state index contributed by atoms with van der Waals surface area (Å²) in [6.07, 6.45) is -4.58. The maximum atomic E-state index is 11.4. The zero-order valence-corrected chi connectivity index (χ0v) is 14.0. The van der Waals surface area contributed by atoms with Crippen LogP contribution >= 0.6 is 0 Å². The molecule has 0 aliphatic rings. The third-order valence-corrected chi connectivity index (χ3v) is 2.87. The van der Waals surface area contributed by atoms with Crippen LogP contribution in [0.1, 0.15) is 24.9 Å². The predicted molar refractivity (Wildman–Crippen MR) is 81.2 cm³/mol. The fourth-order valence-corrected chi connectivity index (χ4v) is 1.87. The summed E-state index contributed by atoms with van der Waals surface area (Å²) in [5.41, 5.74) is 0. The van der Waals surface area contributed by atoms with Crippen molar-refractivity contribution in [3.05, 3.63) is 0 Å². The van der Waals surface area contributed by atoms with Crippen molar-refractivity contribution in [2.75, 3.05) is 34.5 Å². The number of hydrogen-bond donors (Lipinski definition) is 0. The SMILES string of the molecule is [2H]CO[C@@H]([C@H](OC[2H])[C@@H](COC(C)=O)OC(C)=O)[C@@H](COC(C)=O)OC[2H]. The monoisotopic (exact) mass is 353 g/mol. The van der Waals surface area contributed by atoms with Gasteiger partial charge in [0, 0.05) is 42.0 Å². The molecule has 0 unspecified atom stereocenters. The third kappa shape index (κ3) is 8.23. The highest BCUT2D eigenvalue weighted by atomic mass is 16.6. The summed E-state index contributed by atoms with van der Waals surface area (Å²) in [7, 11) is -1.64. The van der Waals surface area contributed by atoms with Gasteiger partial charge in [-0.05, 0) is 0 Å². The lowest BCUT2D eigenvalue weighted by atomic mass is 10.0. The van der Waals surface area contributed by atoms with Crippen molar-refractivity contribution in [2.45, 2.75) is 45.2 Å². The Balaban J connectivity index is 5.65. The molecule has 9 heteroatoms. The molecular weight excluding hydrogens is 324 g/mol. The lowest BCUT2D eigenvalue weighted by Crippen LogP contribution is -2.52. The van der Waals surface area contributed by atoms with Crippen molar-refractivity contribution in [3.63, 3.8) is 0 Å². The van der Waals surface area contributed by atoms with E-state index < -0.39 is 70.2 Å². The Bertz CT molecular complexity index is 464. The van der Waals surface area contributed by atoms with Gasteiger partial charge in [-0.25, -0.2) is 0 Å². The average Bonchev–Trinajstić information content (AvgIpc) is 2.58. The summed E-state index contributed by atoms with van der Waals surface area (Å²) in [6, 6.07) is 0. The Morgan fingerprint density at radius 2 is 1.21 bits per heavy atom. The number of ether oxygens (including phenoxy) is 6. The van der Waals surface area contributed by atoms with Crippen molar-refractivity contribution in [1.82, 2.24) is 0 Å². The van der Waals surface area contributed by atoms with E-state index in [4.69, 9.17) is 32.5 Å². The molecule has 0 saturated heterocycles. The van der Waals surface area contributed by atoms with Crippen LogP contribution in [-0.4, -0.2) is 76.8 Å². The van der Waals surface area contributed by atoms with Crippen LogP contribution in [0.25, 0.3) is 0 Å². The number of hydrogen-bond acceptors (Lipinski definition) is 9. The van der Waals surface area contributed by atoms with Gasteiger partial charge in [-0.2, -0.15) is 0 Å². The van der Waals surface area contributed by atoms with Crippen LogP contribution in [-0.2, 0) is 42.8 Å². The Labute approximate surface area is 145 Å². The van der Waals surface area contributed by atoms with Crippen molar-refractivity contribution in [1.29, 1.82) is 0 Å². The average molecular weight is 353 g/mol. The van der Waals surface area contributed by atoms with Gasteiger partial charge in [0.1, 0.15) is 31.5 Å². The molecular formula is C15H26O9. The second-order valence-electron chi connectivity index (χ2n) is 4.72. The first kappa shape index (κ1) is 17.1. The van der Waals surface area contributed by atoms with Crippen LogP contribution < -0.4 is 0 Å². The van der Waals surface area contributed by atoms with Crippen LogP contribution in [0.15, 0.2) is 0 Å². The third-order valence-electron chi connectivity index (χ3n) is 2.87. The summed E-state index contributed by atoms with van der Waals surface area (Å²) in [4.78, 5) is 33.6. The Kier molecular flexibility index (Phi) is 8.40. The second-order valence-corrected chi connectivity index (χ2v) is 4.72. The number of rotatable bonds is 11. The molecule has 0 saturated carbocycles. The zero-order valence-electron chi connectivity index (χ0n) is 17.0. The van der Waals surface area contributed by atoms with Crippen LogP contribution in [0.4, 0.5) is 0 Å². The summed E-state index contributed by atoms with van der Waals surface area (Å²) in [5.74, 6) is -1.94. The first-order chi connectivity index (χ1) is 12.8. The standard InChI is InChI=1S/C15H26O9/c1-9(16)22-7-12(19-4)14(20-5)15(21-6)13(24-11(3)18)8-23-10(2)17/h12-15H,7-8H2,1-6H3/t12-,13-,14-,15-/m1/s1/i4D,5D,6D. The Hall–Kier alpha value is -1.71. The molecule has 0 amide bonds. The smallest absolute Gasteiger partial charge is 0.303 e. The van der Waals surface area contributed by atoms with Gasteiger partial charge in [0.25, 0.3) is 0 Å². The van der Waals surface area contributed by atoms with Gasteiger partial charge in [-0.15, -0.1) is 0 Å². The minimum Gasteiger partial charge on any atom is -0.463 e. The normalized spacial score (nSPS) is 17.4. The predicted octanol–water partition coefficient (Wildman–Crippen LogP) is 0.0893. The van der Waals surface area contributed by atoms with Crippen molar-refractivity contribution < 1.29 is 46.9 Å². The van der Waals surface area contributed by atoms with E-state index >= 15 is 0 Å². The summed E-state index contributed by atoms with van der Waals surface area (Å²) in [6.45, 7) is 2.76. The van der Waals surface area contributed by atoms with Crippen LogP contribution in [0.5, 0.6) is 0 Å². The molecule has 0 fully saturated rings. The summed E-state index contributed by atoms with van der Waals surface area (Å²) < 4.78 is 52.6. The molecule has 0 aromatic heterocycles. The molecule has 0 radical (unpaired) electrons. The highest BCUT2D eigenvalue weighted by molar-refractivity contribution is 5.67. The molecule has 0 aliphatic carbocycles. The van der Waals surface area contributed by atoms with Gasteiger partial charge in [-0.3, -0.25) is 14.4 Å². The highest BCUT2D eigenvalue weighted by Crippen LogP contribution is 2.18. The molecule has 0 spiro atoms. The lowest BCUT2D eigenvalue weighted by molar-refractivity contribution is -0.188. The molecule has 0 bridgehead atoms. The molecule has 0 rings (SSSR count). The molecule has 0 N–H and O–H groups in total. The van der Waals surface area contributed by atoms with Gasteiger partial charge in [-0.1, -0.05) is 0 Å². The Morgan fingerprint density at radius 1 is 0.750 bits per heavy atom. The lowest BCUT2D eigenvalue weighted by Gasteiger charge is -2.34. The van der Waals surface area contributed by atoms with E-state index in [-0.39, 0.29) is 6.61 Å². The fraction of sp³-hybridized carbons (Fsp3) is 0.800. The quantitative estimate of drug-likeness (QED) is 0.377. The highest BCUT2D eigenvalue weighted by Gasteiger charge is 2.38. The largest absolute Gasteiger partial charge is 0.463 e. The van der Waals surface area contributed by atoms with E-state index in [2.05, 4.69) is 0 Å². The molecule has 0 aromatic carbocycles. The first-order valence-electron chi connectivity index (χ1n) is 9.05. The summed E-state index contributed by atoms with van der Waals surface area (Å²) in [5, 5.41) is 0. The summed E-state index contributed by atoms with van der Waals surface area (Å²) >= 11 is 0. The van der Waals surface area contributed by atoms with Crippen molar-refractivity contribution in [3.8, 4) is 0 Å². The van der Waals surface area contributed by atoms with E-state index in [1.165, 1.54) is 6.92 Å². The van der Waals surface area contributed by atoms with E-state index in [9.17, 15) is 14.4 Å². The zero-order chi connectivity index (χ0) is 20.8. The number of esters is 3. The fourth-order valence-electron chi connectivity index (χ4n) is 1.87. The van der Waals surface area contributed by atoms with Gasteiger partial charge in [0.15, 0.2) is 6.10 Å². The van der Waals surface area contributed by atoms with Crippen molar-refractivity contribution in [2.24, 2.45) is 0 Å². The van der Waals surface area contributed by atoms with Gasteiger partial charge in [0.2, 0.25) is 0 Å². The van der Waals surface area contributed by atoms with Gasteiger partial charge >= 0.3 is 17.9 Å². The van der Waals surface area contributed by atoms with E-state index in [1.54, 1.807) is 0 Å². The molecule has 24 heavy (non-hydrogen) atoms. The molecule has 140 valence electrons. The van der Waals surface area contributed by atoms with Gasteiger partial charge < -0.3 is 28.4 Å². The Morgan fingerprint density at radius 3 is 1.62 bits per heavy atom. The maximum Gasteiger partial charge on any atom is 0.303 e. The molecule has 4 atom stereocenters. The minimum absolute atomic E-state index is 0.322. The number of methoxy groups -OCH3 is 3. The van der Waals surface area contributed by atoms with Crippen LogP contribution in [0.3, 0.4) is 0 Å². The minimum atomic E-state index is -1.19. The molecule has 0 heterocycles. The second kappa shape index (κ2) is 11.8. The van der Waals surface area contributed by atoms with Crippen LogP contribution in [0.2, 0.25) is 0 Å². The molecule has 9 nitrogen and oxygen atoms in total. The van der Waals surface area contributed by atoms with Crippen molar-refractivity contribution >= 4 is 17.9 Å². The maximum absolute atomic E-state index is 11.4. The topological polar surface area (TPSA) is 107 Å². The van der Waals surface area contributed by atoms with E-state index in [0.717, 1.165) is 13.8 Å². The van der Waals surface area contributed by atoms with E-state index in [0.29, 0.717) is 0 Å². The van der Waals surface area contributed by atoms with Gasteiger partial charge in [0.05, 0.1) is 4.11 Å². The van der Waals surface area contributed by atoms with Crippen LogP contribution in [0, 0.1) is 0 Å². The first-order valence-corrected chi connectivity index (χ1v) is 6.93.